The largest absolute Gasteiger partial charge is 0.376 e. The molecule has 21 heavy (non-hydrogen) atoms. The number of fused-ring (bicyclic) bond motifs is 1. The molecule has 2 aromatic carbocycles. The second-order valence-electron chi connectivity index (χ2n) is 5.56. The lowest BCUT2D eigenvalue weighted by atomic mass is 10.1. The van der Waals surface area contributed by atoms with Gasteiger partial charge in [-0.3, -0.25) is 4.79 Å². The first-order chi connectivity index (χ1) is 10.2. The van der Waals surface area contributed by atoms with Gasteiger partial charge in [0.05, 0.1) is 6.54 Å². The number of anilines is 1. The van der Waals surface area contributed by atoms with Crippen molar-refractivity contribution in [3.63, 3.8) is 0 Å². The normalized spacial score (nSPS) is 16.1. The third-order valence-corrected chi connectivity index (χ3v) is 4.08. The second kappa shape index (κ2) is 6.14. The van der Waals surface area contributed by atoms with Crippen LogP contribution in [0.5, 0.6) is 0 Å². The van der Waals surface area contributed by atoms with Gasteiger partial charge in [-0.15, -0.1) is 0 Å². The smallest absolute Gasteiger partial charge is 0.241 e. The molecule has 0 atom stereocenters. The zero-order valence-corrected chi connectivity index (χ0v) is 12.4. The molecule has 110 valence electrons. The third kappa shape index (κ3) is 3.16. The van der Waals surface area contributed by atoms with Gasteiger partial charge >= 0.3 is 0 Å². The predicted molar refractivity (Wildman–Crippen MR) is 86.5 cm³/mol. The average Bonchev–Trinajstić information content (AvgIpc) is 2.53. The highest BCUT2D eigenvalue weighted by Gasteiger charge is 2.18. The van der Waals surface area contributed by atoms with Crippen molar-refractivity contribution in [1.82, 2.24) is 9.80 Å². The van der Waals surface area contributed by atoms with E-state index in [0.29, 0.717) is 6.54 Å². The topological polar surface area (TPSA) is 35.6 Å². The summed E-state index contributed by atoms with van der Waals surface area (Å²) in [5.41, 5.74) is 1.02. The van der Waals surface area contributed by atoms with Gasteiger partial charge in [-0.2, -0.15) is 0 Å². The number of rotatable bonds is 3. The molecule has 1 N–H and O–H groups in total. The number of amides is 1. The van der Waals surface area contributed by atoms with Crippen LogP contribution in [0.3, 0.4) is 0 Å². The zero-order valence-electron chi connectivity index (χ0n) is 12.4. The van der Waals surface area contributed by atoms with Crippen molar-refractivity contribution in [3.05, 3.63) is 42.5 Å². The molecule has 3 rings (SSSR count). The van der Waals surface area contributed by atoms with E-state index >= 15 is 0 Å². The van der Waals surface area contributed by atoms with Crippen LogP contribution in [0.1, 0.15) is 0 Å². The lowest BCUT2D eigenvalue weighted by Crippen LogP contribution is -2.48. The number of piperazine rings is 1. The summed E-state index contributed by atoms with van der Waals surface area (Å²) in [5, 5.41) is 5.64. The highest BCUT2D eigenvalue weighted by molar-refractivity contribution is 5.95. The Kier molecular flexibility index (Phi) is 4.06. The van der Waals surface area contributed by atoms with Crippen LogP contribution < -0.4 is 5.32 Å². The summed E-state index contributed by atoms with van der Waals surface area (Å²) in [7, 11) is 2.09. The second-order valence-corrected chi connectivity index (χ2v) is 5.56. The minimum Gasteiger partial charge on any atom is -0.376 e. The molecule has 0 aliphatic carbocycles. The highest BCUT2D eigenvalue weighted by atomic mass is 16.2. The summed E-state index contributed by atoms with van der Waals surface area (Å²) in [6.07, 6.45) is 0. The molecule has 1 saturated heterocycles. The van der Waals surface area contributed by atoms with Gasteiger partial charge < -0.3 is 15.1 Å². The molecule has 1 fully saturated rings. The summed E-state index contributed by atoms with van der Waals surface area (Å²) >= 11 is 0. The number of carbonyl (C=O) groups excluding carboxylic acids is 1. The van der Waals surface area contributed by atoms with Gasteiger partial charge in [-0.1, -0.05) is 36.4 Å². The minimum absolute atomic E-state index is 0.177. The fraction of sp³-hybridized carbons (Fsp3) is 0.353. The first-order valence-corrected chi connectivity index (χ1v) is 7.42. The molecule has 0 bridgehead atoms. The molecule has 0 saturated carbocycles. The number of carbonyl (C=O) groups is 1. The minimum atomic E-state index is 0.177. The first kappa shape index (κ1) is 13.9. The summed E-state index contributed by atoms with van der Waals surface area (Å²) < 4.78 is 0. The average molecular weight is 283 g/mol. The predicted octanol–water partition coefficient (Wildman–Crippen LogP) is 2.03. The van der Waals surface area contributed by atoms with E-state index in [1.54, 1.807) is 0 Å². The Balaban J connectivity index is 1.65. The Bertz CT molecular complexity index is 627. The molecule has 1 aliphatic heterocycles. The molecular formula is C17H21N3O. The fourth-order valence-corrected chi connectivity index (χ4v) is 2.72. The van der Waals surface area contributed by atoms with Crippen LogP contribution in [0.2, 0.25) is 0 Å². The van der Waals surface area contributed by atoms with Crippen molar-refractivity contribution in [3.8, 4) is 0 Å². The molecule has 1 aliphatic rings. The van der Waals surface area contributed by atoms with E-state index in [-0.39, 0.29) is 5.91 Å². The van der Waals surface area contributed by atoms with Crippen LogP contribution in [-0.4, -0.2) is 55.5 Å². The van der Waals surface area contributed by atoms with E-state index in [2.05, 4.69) is 35.5 Å². The molecule has 0 aromatic heterocycles. The standard InChI is InChI=1S/C17H21N3O/c1-19-9-11-20(12-10-19)17(21)13-18-16-8-4-6-14-5-2-3-7-15(14)16/h2-8,18H,9-13H2,1H3. The van der Waals surface area contributed by atoms with E-state index in [9.17, 15) is 4.79 Å². The molecule has 1 heterocycles. The third-order valence-electron chi connectivity index (χ3n) is 4.08. The fourth-order valence-electron chi connectivity index (χ4n) is 2.72. The van der Waals surface area contributed by atoms with Crippen molar-refractivity contribution >= 4 is 22.4 Å². The van der Waals surface area contributed by atoms with Crippen LogP contribution in [0, 0.1) is 0 Å². The molecule has 1 amide bonds. The van der Waals surface area contributed by atoms with E-state index in [1.165, 1.54) is 5.39 Å². The maximum absolute atomic E-state index is 12.3. The van der Waals surface area contributed by atoms with Gasteiger partial charge in [0.25, 0.3) is 0 Å². The summed E-state index contributed by atoms with van der Waals surface area (Å²) in [6, 6.07) is 14.4. The summed E-state index contributed by atoms with van der Waals surface area (Å²) in [6.45, 7) is 3.93. The molecule has 4 nitrogen and oxygen atoms in total. The maximum atomic E-state index is 12.3. The van der Waals surface area contributed by atoms with E-state index in [0.717, 1.165) is 37.3 Å². The Hall–Kier alpha value is -2.07. The number of nitrogens with zero attached hydrogens (tertiary/aromatic N) is 2. The van der Waals surface area contributed by atoms with Crippen LogP contribution in [0.4, 0.5) is 5.69 Å². The van der Waals surface area contributed by atoms with Gasteiger partial charge in [-0.05, 0) is 18.5 Å². The number of nitrogens with one attached hydrogen (secondary N) is 1. The highest BCUT2D eigenvalue weighted by Crippen LogP contribution is 2.22. The summed E-state index contributed by atoms with van der Waals surface area (Å²) in [4.78, 5) is 16.5. The van der Waals surface area contributed by atoms with Crippen LogP contribution >= 0.6 is 0 Å². The Morgan fingerprint density at radius 1 is 1.05 bits per heavy atom. The number of benzene rings is 2. The van der Waals surface area contributed by atoms with Gasteiger partial charge in [0.2, 0.25) is 5.91 Å². The summed E-state index contributed by atoms with van der Waals surface area (Å²) in [5.74, 6) is 0.177. The number of hydrogen-bond donors (Lipinski definition) is 1. The molecule has 2 aromatic rings. The van der Waals surface area contributed by atoms with Crippen molar-refractivity contribution in [2.75, 3.05) is 45.1 Å². The quantitative estimate of drug-likeness (QED) is 0.936. The first-order valence-electron chi connectivity index (χ1n) is 7.42. The molecule has 0 spiro atoms. The van der Waals surface area contributed by atoms with Crippen molar-refractivity contribution < 1.29 is 4.79 Å². The van der Waals surface area contributed by atoms with Crippen LogP contribution in [0.15, 0.2) is 42.5 Å². The lowest BCUT2D eigenvalue weighted by Gasteiger charge is -2.32. The van der Waals surface area contributed by atoms with Crippen molar-refractivity contribution in [2.45, 2.75) is 0 Å². The Morgan fingerprint density at radius 3 is 2.57 bits per heavy atom. The Labute approximate surface area is 125 Å². The van der Waals surface area contributed by atoms with Gasteiger partial charge in [-0.25, -0.2) is 0 Å². The molecule has 0 radical (unpaired) electrons. The number of likely N-dealkylation sites (N-methyl/N-ethyl adjacent to an activating group) is 1. The van der Waals surface area contributed by atoms with Crippen LogP contribution in [-0.2, 0) is 4.79 Å². The van der Waals surface area contributed by atoms with Crippen molar-refractivity contribution in [1.29, 1.82) is 0 Å². The molecule has 0 unspecified atom stereocenters. The van der Waals surface area contributed by atoms with Gasteiger partial charge in [0.15, 0.2) is 0 Å². The zero-order chi connectivity index (χ0) is 14.7. The maximum Gasteiger partial charge on any atom is 0.241 e. The monoisotopic (exact) mass is 283 g/mol. The van der Waals surface area contributed by atoms with Crippen LogP contribution in [0.25, 0.3) is 10.8 Å². The van der Waals surface area contributed by atoms with E-state index in [4.69, 9.17) is 0 Å². The molecule has 4 heteroatoms. The lowest BCUT2D eigenvalue weighted by molar-refractivity contribution is -0.130. The van der Waals surface area contributed by atoms with Gasteiger partial charge in [0, 0.05) is 37.3 Å². The van der Waals surface area contributed by atoms with E-state index in [1.807, 2.05) is 29.2 Å². The van der Waals surface area contributed by atoms with E-state index < -0.39 is 0 Å². The van der Waals surface area contributed by atoms with Crippen molar-refractivity contribution in [2.24, 2.45) is 0 Å². The molecular weight excluding hydrogens is 262 g/mol. The number of hydrogen-bond acceptors (Lipinski definition) is 3. The Morgan fingerprint density at radius 2 is 1.76 bits per heavy atom. The SMILES string of the molecule is CN1CCN(C(=O)CNc2cccc3ccccc23)CC1. The van der Waals surface area contributed by atoms with Gasteiger partial charge in [0.1, 0.15) is 0 Å².